The van der Waals surface area contributed by atoms with Gasteiger partial charge in [-0.05, 0) is 28.6 Å². The number of aliphatic hydroxyl groups excluding tert-OH is 1. The van der Waals surface area contributed by atoms with Gasteiger partial charge in [-0.2, -0.15) is 0 Å². The average Bonchev–Trinajstić information content (AvgIpc) is 2.80. The van der Waals surface area contributed by atoms with E-state index in [0.29, 0.717) is 11.6 Å². The van der Waals surface area contributed by atoms with E-state index in [0.717, 1.165) is 12.8 Å². The number of hydrogen-bond donors (Lipinski definition) is 1. The molecule has 0 bridgehead atoms. The van der Waals surface area contributed by atoms with E-state index in [-0.39, 0.29) is 5.04 Å². The zero-order valence-electron chi connectivity index (χ0n) is 19.7. The second kappa shape index (κ2) is 10.4. The molecule has 0 aliphatic heterocycles. The highest BCUT2D eigenvalue weighted by Crippen LogP contribution is 2.39. The number of allylic oxidation sites excluding steroid dienone is 1. The second-order valence-corrected chi connectivity index (χ2v) is 14.4. The molecule has 1 nitrogen and oxygen atoms in total. The van der Waals surface area contributed by atoms with Crippen molar-refractivity contribution in [3.05, 3.63) is 108 Å². The Balaban J connectivity index is 2.00. The fourth-order valence-electron chi connectivity index (χ4n) is 4.70. The Hall–Kier alpha value is -2.49. The van der Waals surface area contributed by atoms with Crippen LogP contribution in [-0.4, -0.2) is 13.2 Å². The lowest BCUT2D eigenvalue weighted by Crippen LogP contribution is -2.63. The second-order valence-electron chi connectivity index (χ2n) is 9.57. The molecule has 1 atom stereocenters. The molecule has 0 aromatic heterocycles. The summed E-state index contributed by atoms with van der Waals surface area (Å²) in [7, 11) is -2.41. The van der Waals surface area contributed by atoms with Crippen LogP contribution in [0.4, 0.5) is 4.39 Å². The molecule has 0 saturated heterocycles. The summed E-state index contributed by atoms with van der Waals surface area (Å²) in [5.41, 5.74) is 1.81. The molecular formula is C29H35FOSi. The van der Waals surface area contributed by atoms with E-state index in [9.17, 15) is 5.11 Å². The molecule has 0 aliphatic rings. The van der Waals surface area contributed by atoms with Crippen LogP contribution in [0.2, 0.25) is 11.1 Å². The minimum Gasteiger partial charge on any atom is -0.381 e. The highest BCUT2D eigenvalue weighted by atomic mass is 28.3. The van der Waals surface area contributed by atoms with Crippen LogP contribution >= 0.6 is 0 Å². The Morgan fingerprint density at radius 3 is 1.81 bits per heavy atom. The van der Waals surface area contributed by atoms with Gasteiger partial charge in [-0.25, -0.2) is 4.39 Å². The van der Waals surface area contributed by atoms with Crippen LogP contribution in [0.25, 0.3) is 0 Å². The highest BCUT2D eigenvalue weighted by Gasteiger charge is 2.46. The standard InChI is InChI=1S/C29H35FOSi/c1-5-12-23-17-19-24(20-18-23)28(31)27(30)21-22-32(29(2,3)4,25-13-8-6-9-14-25)26-15-10-7-11-16-26/h6-11,13-21,28,31H,5,12,22H2,1-4H3/b27-21-. The molecule has 3 aromatic rings. The number of benzene rings is 3. The van der Waals surface area contributed by atoms with Gasteiger partial charge in [0, 0.05) is 0 Å². The van der Waals surface area contributed by atoms with Crippen molar-refractivity contribution in [2.75, 3.05) is 0 Å². The smallest absolute Gasteiger partial charge is 0.130 e. The third kappa shape index (κ3) is 5.11. The maximum Gasteiger partial charge on any atom is 0.130 e. The molecule has 32 heavy (non-hydrogen) atoms. The Kier molecular flexibility index (Phi) is 7.86. The first kappa shape index (κ1) is 24.2. The van der Waals surface area contributed by atoms with Crippen LogP contribution in [0.5, 0.6) is 0 Å². The lowest BCUT2D eigenvalue weighted by molar-refractivity contribution is 0.185. The van der Waals surface area contributed by atoms with Gasteiger partial charge in [0.05, 0.1) is 0 Å². The predicted molar refractivity (Wildman–Crippen MR) is 137 cm³/mol. The molecule has 168 valence electrons. The zero-order valence-corrected chi connectivity index (χ0v) is 20.7. The summed E-state index contributed by atoms with van der Waals surface area (Å²) < 4.78 is 15.3. The molecule has 3 heteroatoms. The highest BCUT2D eigenvalue weighted by molar-refractivity contribution is 7.04. The quantitative estimate of drug-likeness (QED) is 0.387. The molecule has 0 radical (unpaired) electrons. The fraction of sp³-hybridized carbons (Fsp3) is 0.310. The molecule has 1 N–H and O–H groups in total. The van der Waals surface area contributed by atoms with E-state index >= 15 is 4.39 Å². The van der Waals surface area contributed by atoms with Gasteiger partial charge in [0.15, 0.2) is 0 Å². The normalized spacial score (nSPS) is 13.8. The molecule has 0 saturated carbocycles. The maximum absolute atomic E-state index is 15.3. The number of rotatable bonds is 8. The van der Waals surface area contributed by atoms with Gasteiger partial charge in [-0.15, -0.1) is 0 Å². The monoisotopic (exact) mass is 446 g/mol. The van der Waals surface area contributed by atoms with Crippen LogP contribution in [0.3, 0.4) is 0 Å². The van der Waals surface area contributed by atoms with E-state index in [4.69, 9.17) is 0 Å². The van der Waals surface area contributed by atoms with Crippen molar-refractivity contribution < 1.29 is 9.50 Å². The van der Waals surface area contributed by atoms with Gasteiger partial charge in [0.2, 0.25) is 0 Å². The van der Waals surface area contributed by atoms with Crippen molar-refractivity contribution in [3.63, 3.8) is 0 Å². The third-order valence-corrected chi connectivity index (χ3v) is 12.5. The number of aryl methyl sites for hydroxylation is 1. The Morgan fingerprint density at radius 2 is 1.38 bits per heavy atom. The van der Waals surface area contributed by atoms with Crippen molar-refractivity contribution in [1.82, 2.24) is 0 Å². The van der Waals surface area contributed by atoms with Crippen LogP contribution in [-0.2, 0) is 6.42 Å². The predicted octanol–water partition coefficient (Wildman–Crippen LogP) is 6.59. The first-order valence-corrected chi connectivity index (χ1v) is 13.7. The molecule has 0 spiro atoms. The Morgan fingerprint density at radius 1 is 0.875 bits per heavy atom. The van der Waals surface area contributed by atoms with Gasteiger partial charge in [-0.1, -0.05) is 135 Å². The minimum atomic E-state index is -2.41. The van der Waals surface area contributed by atoms with Crippen LogP contribution in [0.15, 0.2) is 96.8 Å². The molecule has 0 aliphatic carbocycles. The molecule has 0 heterocycles. The lowest BCUT2D eigenvalue weighted by atomic mass is 10.0. The Bertz CT molecular complexity index is 965. The van der Waals surface area contributed by atoms with Crippen molar-refractivity contribution >= 4 is 18.4 Å². The fourth-order valence-corrected chi connectivity index (χ4v) is 9.87. The van der Waals surface area contributed by atoms with E-state index in [2.05, 4.69) is 76.2 Å². The van der Waals surface area contributed by atoms with Gasteiger partial charge in [0.25, 0.3) is 0 Å². The lowest BCUT2D eigenvalue weighted by Gasteiger charge is -2.43. The molecule has 1 unspecified atom stereocenters. The van der Waals surface area contributed by atoms with Crippen LogP contribution in [0, 0.1) is 0 Å². The van der Waals surface area contributed by atoms with Crippen molar-refractivity contribution in [2.45, 2.75) is 57.7 Å². The summed E-state index contributed by atoms with van der Waals surface area (Å²) in [6.45, 7) is 8.91. The largest absolute Gasteiger partial charge is 0.381 e. The van der Waals surface area contributed by atoms with Gasteiger partial charge in [-0.3, -0.25) is 0 Å². The molecule has 3 aromatic carbocycles. The topological polar surface area (TPSA) is 20.2 Å². The number of aliphatic hydroxyl groups is 1. The number of hydrogen-bond acceptors (Lipinski definition) is 1. The molecule has 0 fully saturated rings. The summed E-state index contributed by atoms with van der Waals surface area (Å²) in [6.07, 6.45) is 2.46. The summed E-state index contributed by atoms with van der Waals surface area (Å²) in [6, 6.07) is 29.3. The van der Waals surface area contributed by atoms with E-state index < -0.39 is 20.0 Å². The average molecular weight is 447 g/mol. The van der Waals surface area contributed by atoms with Gasteiger partial charge in [0.1, 0.15) is 20.0 Å². The van der Waals surface area contributed by atoms with Gasteiger partial charge < -0.3 is 5.11 Å². The van der Waals surface area contributed by atoms with E-state index in [1.165, 1.54) is 15.9 Å². The summed E-state index contributed by atoms with van der Waals surface area (Å²) >= 11 is 0. The van der Waals surface area contributed by atoms with Crippen LogP contribution in [0.1, 0.15) is 51.3 Å². The molecular weight excluding hydrogens is 411 g/mol. The van der Waals surface area contributed by atoms with E-state index in [1.54, 1.807) is 6.08 Å². The molecule has 0 amide bonds. The van der Waals surface area contributed by atoms with Crippen molar-refractivity contribution in [1.29, 1.82) is 0 Å². The van der Waals surface area contributed by atoms with Crippen LogP contribution < -0.4 is 10.4 Å². The summed E-state index contributed by atoms with van der Waals surface area (Å²) in [5, 5.41) is 13.2. The Labute approximate surface area is 193 Å². The first-order chi connectivity index (χ1) is 15.3. The van der Waals surface area contributed by atoms with Crippen molar-refractivity contribution in [3.8, 4) is 0 Å². The van der Waals surface area contributed by atoms with Gasteiger partial charge >= 0.3 is 0 Å². The maximum atomic E-state index is 15.3. The van der Waals surface area contributed by atoms with Crippen molar-refractivity contribution in [2.24, 2.45) is 0 Å². The zero-order chi connectivity index (χ0) is 23.2. The van der Waals surface area contributed by atoms with E-state index in [1.807, 2.05) is 36.4 Å². The SMILES string of the molecule is CCCc1ccc(C(O)/C(F)=C/C[Si](c2ccccc2)(c2ccccc2)C(C)(C)C)cc1. The third-order valence-electron chi connectivity index (χ3n) is 6.51. The minimum absolute atomic E-state index is 0.0563. The number of halogens is 1. The summed E-state index contributed by atoms with van der Waals surface area (Å²) in [5.74, 6) is -0.471. The first-order valence-electron chi connectivity index (χ1n) is 11.5. The summed E-state index contributed by atoms with van der Waals surface area (Å²) in [4.78, 5) is 0. The molecule has 3 rings (SSSR count).